The molecule has 0 heterocycles. The maximum atomic E-state index is 14.1. The van der Waals surface area contributed by atoms with Crippen molar-refractivity contribution in [2.75, 3.05) is 21.2 Å². The molecular formula is C35H41N3O7. The number of nitrogens with zero attached hydrogens (tertiary/aromatic N) is 1. The van der Waals surface area contributed by atoms with E-state index in [-0.39, 0.29) is 23.3 Å². The largest absolute Gasteiger partial charge is 0.511 e. The Labute approximate surface area is 262 Å². The maximum absolute atomic E-state index is 14.1. The standard InChI is InChI=1S/C35H41N3O7/c1-38(2)30-23-15-18-14-22-20(21-13-17(9-12-25(21)45-3)16-37-19-7-5-4-6-8-19)10-11-24(39)27(22)31(40)26(18)32(41)28(23)33(42)29(34(30)43)35(36)44/h9-13,18-19,23,28,30,37,39,41,43H,4-8,14-16H2,1-3H3,(H2,36,44)/t18-,23+,28?,30-/m0/s1. The highest BCUT2D eigenvalue weighted by molar-refractivity contribution is 6.22. The van der Waals surface area contributed by atoms with Gasteiger partial charge in [-0.25, -0.2) is 0 Å². The van der Waals surface area contributed by atoms with E-state index in [4.69, 9.17) is 10.5 Å². The molecule has 238 valence electrons. The van der Waals surface area contributed by atoms with Crippen molar-refractivity contribution in [1.82, 2.24) is 10.2 Å². The van der Waals surface area contributed by atoms with Crippen molar-refractivity contribution >= 4 is 17.5 Å². The number of fused-ring (bicyclic) bond motifs is 3. The molecular weight excluding hydrogens is 574 g/mol. The number of Topliss-reactive ketones (excluding diaryl/α,β-unsaturated/α-hetero) is 2. The number of phenols is 1. The zero-order valence-electron chi connectivity index (χ0n) is 25.9. The number of aliphatic hydroxyl groups excluding tert-OH is 2. The van der Waals surface area contributed by atoms with Gasteiger partial charge in [-0.2, -0.15) is 0 Å². The highest BCUT2D eigenvalue weighted by atomic mass is 16.5. The molecule has 4 atom stereocenters. The Kier molecular flexibility index (Phi) is 8.22. The van der Waals surface area contributed by atoms with Crippen molar-refractivity contribution < 1.29 is 34.4 Å². The van der Waals surface area contributed by atoms with Crippen molar-refractivity contribution in [3.63, 3.8) is 0 Å². The van der Waals surface area contributed by atoms with Gasteiger partial charge in [0.1, 0.15) is 28.6 Å². The Balaban J connectivity index is 1.42. The average Bonchev–Trinajstić information content (AvgIpc) is 3.00. The molecule has 0 aromatic heterocycles. The summed E-state index contributed by atoms with van der Waals surface area (Å²) in [6.45, 7) is 0.692. The second-order valence-corrected chi connectivity index (χ2v) is 13.0. The van der Waals surface area contributed by atoms with Gasteiger partial charge in [-0.1, -0.05) is 31.4 Å². The van der Waals surface area contributed by atoms with E-state index in [2.05, 4.69) is 11.4 Å². The molecule has 0 aliphatic heterocycles. The van der Waals surface area contributed by atoms with Gasteiger partial charge in [-0.05, 0) is 86.5 Å². The Bertz CT molecular complexity index is 1640. The van der Waals surface area contributed by atoms with Crippen molar-refractivity contribution in [3.8, 4) is 22.6 Å². The number of nitrogens with one attached hydrogen (secondary N) is 1. The number of aromatic hydroxyl groups is 1. The number of allylic oxidation sites excluding steroid dienone is 2. The van der Waals surface area contributed by atoms with Crippen molar-refractivity contribution in [1.29, 1.82) is 0 Å². The maximum Gasteiger partial charge on any atom is 0.255 e. The average molecular weight is 616 g/mol. The molecule has 6 rings (SSSR count). The van der Waals surface area contributed by atoms with Crippen LogP contribution in [0.3, 0.4) is 0 Å². The third-order valence-corrected chi connectivity index (χ3v) is 10.2. The lowest BCUT2D eigenvalue weighted by atomic mass is 9.60. The quantitative estimate of drug-likeness (QED) is 0.289. The number of rotatable bonds is 7. The summed E-state index contributed by atoms with van der Waals surface area (Å²) >= 11 is 0. The number of primary amides is 1. The van der Waals surface area contributed by atoms with Gasteiger partial charge in [-0.3, -0.25) is 19.3 Å². The molecule has 0 spiro atoms. The second-order valence-electron chi connectivity index (χ2n) is 13.0. The minimum atomic E-state index is -1.22. The second kappa shape index (κ2) is 12.0. The highest BCUT2D eigenvalue weighted by Crippen LogP contribution is 2.52. The molecule has 1 unspecified atom stereocenters. The minimum absolute atomic E-state index is 0.0599. The van der Waals surface area contributed by atoms with Crippen LogP contribution >= 0.6 is 0 Å². The number of aliphatic hydroxyl groups is 2. The number of phenolic OH excluding ortho intramolecular Hbond substituents is 1. The van der Waals surface area contributed by atoms with Crippen LogP contribution in [0.5, 0.6) is 11.5 Å². The van der Waals surface area contributed by atoms with Crippen LogP contribution in [0.4, 0.5) is 0 Å². The molecule has 4 aliphatic rings. The zero-order chi connectivity index (χ0) is 32.2. The Morgan fingerprint density at radius 1 is 1.02 bits per heavy atom. The zero-order valence-corrected chi connectivity index (χ0v) is 25.9. The fraction of sp³-hybridized carbons (Fsp3) is 0.457. The summed E-state index contributed by atoms with van der Waals surface area (Å²) in [7, 11) is 5.02. The number of benzene rings is 2. The normalized spacial score (nSPS) is 25.2. The summed E-state index contributed by atoms with van der Waals surface area (Å²) in [4.78, 5) is 41.5. The molecule has 1 fully saturated rings. The van der Waals surface area contributed by atoms with Crippen molar-refractivity contribution in [2.24, 2.45) is 23.5 Å². The summed E-state index contributed by atoms with van der Waals surface area (Å²) in [5, 5.41) is 37.2. The summed E-state index contributed by atoms with van der Waals surface area (Å²) in [5.74, 6) is -5.19. The highest BCUT2D eigenvalue weighted by Gasteiger charge is 2.54. The molecule has 10 heteroatoms. The number of ether oxygens (including phenoxy) is 1. The fourth-order valence-corrected chi connectivity index (χ4v) is 8.17. The predicted molar refractivity (Wildman–Crippen MR) is 168 cm³/mol. The minimum Gasteiger partial charge on any atom is -0.511 e. The SMILES string of the molecule is COc1ccc(CNC2CCCCC2)cc1-c1ccc(O)c2c1C[C@H]1C[C@@H]3C(C(=O)C(C(N)=O)=C(O)[C@H]3N(C)C)C(O)=C1C2=O. The fourth-order valence-electron chi connectivity index (χ4n) is 8.17. The van der Waals surface area contributed by atoms with E-state index in [1.165, 1.54) is 38.2 Å². The number of methoxy groups -OCH3 is 1. The van der Waals surface area contributed by atoms with Gasteiger partial charge < -0.3 is 31.1 Å². The summed E-state index contributed by atoms with van der Waals surface area (Å²) in [5.41, 5.74) is 8.30. The van der Waals surface area contributed by atoms with Crippen LogP contribution in [-0.4, -0.2) is 71.0 Å². The monoisotopic (exact) mass is 615 g/mol. The van der Waals surface area contributed by atoms with E-state index in [0.29, 0.717) is 30.3 Å². The molecule has 6 N–H and O–H groups in total. The van der Waals surface area contributed by atoms with Crippen LogP contribution in [0.1, 0.15) is 60.0 Å². The lowest BCUT2D eigenvalue weighted by Gasteiger charge is -2.46. The van der Waals surface area contributed by atoms with Gasteiger partial charge >= 0.3 is 0 Å². The first kappa shape index (κ1) is 30.9. The number of amides is 1. The van der Waals surface area contributed by atoms with Crippen molar-refractivity contribution in [3.05, 3.63) is 69.7 Å². The molecule has 0 radical (unpaired) electrons. The lowest BCUT2D eigenvalue weighted by Crippen LogP contribution is -2.53. The topological polar surface area (TPSA) is 162 Å². The van der Waals surface area contributed by atoms with Crippen LogP contribution in [0, 0.1) is 17.8 Å². The number of likely N-dealkylation sites (N-methyl/N-ethyl adjacent to an activating group) is 1. The van der Waals surface area contributed by atoms with E-state index in [9.17, 15) is 29.7 Å². The first-order chi connectivity index (χ1) is 21.5. The van der Waals surface area contributed by atoms with E-state index >= 15 is 0 Å². The Morgan fingerprint density at radius 2 is 1.76 bits per heavy atom. The molecule has 4 aliphatic carbocycles. The number of hydrogen-bond donors (Lipinski definition) is 5. The van der Waals surface area contributed by atoms with Crippen LogP contribution < -0.4 is 15.8 Å². The molecule has 1 amide bonds. The molecule has 2 aromatic carbocycles. The van der Waals surface area contributed by atoms with Crippen molar-refractivity contribution in [2.45, 2.75) is 63.6 Å². The summed E-state index contributed by atoms with van der Waals surface area (Å²) in [6.07, 6.45) is 6.69. The van der Waals surface area contributed by atoms with Gasteiger partial charge in [0.2, 0.25) is 0 Å². The van der Waals surface area contributed by atoms with Gasteiger partial charge in [-0.15, -0.1) is 0 Å². The van der Waals surface area contributed by atoms with Crippen LogP contribution in [0.25, 0.3) is 11.1 Å². The van der Waals surface area contributed by atoms with Crippen LogP contribution in [-0.2, 0) is 22.6 Å². The van der Waals surface area contributed by atoms with E-state index in [0.717, 1.165) is 16.7 Å². The number of ketones is 2. The molecule has 10 nitrogen and oxygen atoms in total. The van der Waals surface area contributed by atoms with Crippen LogP contribution in [0.15, 0.2) is 53.0 Å². The molecule has 2 aromatic rings. The predicted octanol–water partition coefficient (Wildman–Crippen LogP) is 4.10. The van der Waals surface area contributed by atoms with E-state index in [1.54, 1.807) is 32.2 Å². The van der Waals surface area contributed by atoms with Gasteiger partial charge in [0, 0.05) is 23.7 Å². The molecule has 1 saturated carbocycles. The molecule has 45 heavy (non-hydrogen) atoms. The number of nitrogens with two attached hydrogens (primary N) is 1. The summed E-state index contributed by atoms with van der Waals surface area (Å²) in [6, 6.07) is 8.98. The number of hydrogen-bond acceptors (Lipinski definition) is 9. The lowest BCUT2D eigenvalue weighted by molar-refractivity contribution is -0.127. The summed E-state index contributed by atoms with van der Waals surface area (Å²) < 4.78 is 5.75. The first-order valence-electron chi connectivity index (χ1n) is 15.7. The Morgan fingerprint density at radius 3 is 2.42 bits per heavy atom. The third-order valence-electron chi connectivity index (χ3n) is 10.2. The third kappa shape index (κ3) is 5.19. The first-order valence-corrected chi connectivity index (χ1v) is 15.7. The molecule has 0 bridgehead atoms. The number of carbonyl (C=O) groups excluding carboxylic acids is 3. The van der Waals surface area contributed by atoms with E-state index < -0.39 is 58.4 Å². The van der Waals surface area contributed by atoms with Crippen LogP contribution in [0.2, 0.25) is 0 Å². The smallest absolute Gasteiger partial charge is 0.255 e. The van der Waals surface area contributed by atoms with Gasteiger partial charge in [0.15, 0.2) is 11.6 Å². The molecule has 0 saturated heterocycles. The van der Waals surface area contributed by atoms with E-state index in [1.807, 2.05) is 12.1 Å². The van der Waals surface area contributed by atoms with Gasteiger partial charge in [0.05, 0.1) is 24.6 Å². The number of carbonyl (C=O) groups is 3. The van der Waals surface area contributed by atoms with Gasteiger partial charge in [0.25, 0.3) is 5.91 Å². The Hall–Kier alpha value is -4.15.